The molecule has 0 aromatic carbocycles. The summed E-state index contributed by atoms with van der Waals surface area (Å²) in [6, 6.07) is 5.39. The summed E-state index contributed by atoms with van der Waals surface area (Å²) < 4.78 is 5.33. The molecule has 1 amide bonds. The van der Waals surface area contributed by atoms with Gasteiger partial charge in [-0.05, 0) is 25.5 Å². The highest BCUT2D eigenvalue weighted by Gasteiger charge is 2.24. The van der Waals surface area contributed by atoms with Crippen molar-refractivity contribution < 1.29 is 9.32 Å². The Bertz CT molecular complexity index is 892. The number of aromatic nitrogens is 3. The van der Waals surface area contributed by atoms with E-state index in [1.54, 1.807) is 29.8 Å². The average molecular weight is 369 g/mol. The first-order chi connectivity index (χ1) is 12.7. The van der Waals surface area contributed by atoms with Crippen LogP contribution in [0.1, 0.15) is 22.6 Å². The average Bonchev–Trinajstić information content (AvgIpc) is 3.26. The van der Waals surface area contributed by atoms with Crippen LogP contribution in [0.15, 0.2) is 40.5 Å². The van der Waals surface area contributed by atoms with Gasteiger partial charge in [0.1, 0.15) is 0 Å². The molecule has 0 atom stereocenters. The minimum atomic E-state index is -0.0962. The molecule has 4 rings (SSSR count). The van der Waals surface area contributed by atoms with Gasteiger partial charge in [-0.3, -0.25) is 9.78 Å². The molecule has 3 aromatic rings. The molecule has 1 saturated heterocycles. The van der Waals surface area contributed by atoms with Crippen LogP contribution in [0.25, 0.3) is 11.3 Å². The topological polar surface area (TPSA) is 75.4 Å². The van der Waals surface area contributed by atoms with E-state index in [-0.39, 0.29) is 5.91 Å². The van der Waals surface area contributed by atoms with Gasteiger partial charge in [0, 0.05) is 55.6 Å². The molecule has 1 fully saturated rings. The van der Waals surface area contributed by atoms with Gasteiger partial charge in [0.25, 0.3) is 5.91 Å². The summed E-state index contributed by atoms with van der Waals surface area (Å²) in [5.74, 6) is 0.456. The Hall–Kier alpha value is -2.74. The van der Waals surface area contributed by atoms with Gasteiger partial charge in [-0.15, -0.1) is 11.3 Å². The van der Waals surface area contributed by atoms with Crippen LogP contribution in [0.3, 0.4) is 0 Å². The molecule has 7 nitrogen and oxygen atoms in total. The van der Waals surface area contributed by atoms with E-state index in [9.17, 15) is 4.79 Å². The van der Waals surface area contributed by atoms with Crippen molar-refractivity contribution in [3.63, 3.8) is 0 Å². The molecule has 1 aliphatic rings. The lowest BCUT2D eigenvalue weighted by molar-refractivity contribution is 0.0756. The molecule has 0 N–H and O–H groups in total. The van der Waals surface area contributed by atoms with Crippen molar-refractivity contribution >= 4 is 22.4 Å². The molecule has 26 heavy (non-hydrogen) atoms. The fourth-order valence-electron chi connectivity index (χ4n) is 2.98. The normalized spacial score (nSPS) is 15.1. The maximum atomic E-state index is 12.8. The highest BCUT2D eigenvalue weighted by Crippen LogP contribution is 2.23. The fourth-order valence-corrected chi connectivity index (χ4v) is 3.84. The monoisotopic (exact) mass is 369 g/mol. The summed E-state index contributed by atoms with van der Waals surface area (Å²) in [6.07, 6.45) is 4.28. The summed E-state index contributed by atoms with van der Waals surface area (Å²) in [7, 11) is 0. The third-order valence-corrected chi connectivity index (χ3v) is 5.36. The first-order valence-electron chi connectivity index (χ1n) is 8.54. The zero-order valence-corrected chi connectivity index (χ0v) is 15.3. The van der Waals surface area contributed by atoms with Crippen molar-refractivity contribution in [1.29, 1.82) is 0 Å². The van der Waals surface area contributed by atoms with Crippen molar-refractivity contribution in [2.24, 2.45) is 0 Å². The molecule has 0 radical (unpaired) electrons. The van der Waals surface area contributed by atoms with E-state index < -0.39 is 0 Å². The summed E-state index contributed by atoms with van der Waals surface area (Å²) >= 11 is 1.65. The van der Waals surface area contributed by atoms with Crippen molar-refractivity contribution in [2.75, 3.05) is 31.1 Å². The number of carbonyl (C=O) groups excluding carboxylic acids is 1. The van der Waals surface area contributed by atoms with Crippen molar-refractivity contribution in [3.05, 3.63) is 47.4 Å². The number of thiazole rings is 1. The number of aryl methyl sites for hydroxylation is 1. The first kappa shape index (κ1) is 16.7. The Morgan fingerprint density at radius 3 is 2.96 bits per heavy atom. The van der Waals surface area contributed by atoms with E-state index in [0.29, 0.717) is 24.5 Å². The molecule has 0 bridgehead atoms. The number of nitrogens with zero attached hydrogens (tertiary/aromatic N) is 5. The van der Waals surface area contributed by atoms with Crippen LogP contribution in [0.4, 0.5) is 5.13 Å². The van der Waals surface area contributed by atoms with Crippen molar-refractivity contribution in [3.8, 4) is 11.3 Å². The largest absolute Gasteiger partial charge is 0.355 e. The molecule has 0 aliphatic carbocycles. The lowest BCUT2D eigenvalue weighted by Gasteiger charge is -2.20. The Morgan fingerprint density at radius 2 is 2.19 bits per heavy atom. The van der Waals surface area contributed by atoms with Crippen LogP contribution in [0, 0.1) is 6.92 Å². The van der Waals surface area contributed by atoms with Gasteiger partial charge in [0.2, 0.25) is 0 Å². The van der Waals surface area contributed by atoms with Gasteiger partial charge < -0.3 is 14.3 Å². The molecule has 0 saturated carbocycles. The lowest BCUT2D eigenvalue weighted by Crippen LogP contribution is -2.35. The second kappa shape index (κ2) is 7.25. The molecule has 134 valence electrons. The number of rotatable bonds is 3. The van der Waals surface area contributed by atoms with Gasteiger partial charge in [-0.2, -0.15) is 0 Å². The second-order valence-electron chi connectivity index (χ2n) is 6.22. The van der Waals surface area contributed by atoms with E-state index in [1.165, 1.54) is 0 Å². The third kappa shape index (κ3) is 3.45. The number of anilines is 1. The van der Waals surface area contributed by atoms with E-state index in [2.05, 4.69) is 25.4 Å². The van der Waals surface area contributed by atoms with Crippen LogP contribution in [-0.4, -0.2) is 52.1 Å². The summed E-state index contributed by atoms with van der Waals surface area (Å²) in [4.78, 5) is 25.5. The number of carbonyl (C=O) groups is 1. The van der Waals surface area contributed by atoms with Gasteiger partial charge in [-0.25, -0.2) is 4.98 Å². The predicted molar refractivity (Wildman–Crippen MR) is 99.3 cm³/mol. The number of hydrogen-bond donors (Lipinski definition) is 0. The van der Waals surface area contributed by atoms with E-state index in [1.807, 2.05) is 24.0 Å². The molecule has 3 aromatic heterocycles. The zero-order valence-electron chi connectivity index (χ0n) is 14.5. The summed E-state index contributed by atoms with van der Waals surface area (Å²) in [5.41, 5.74) is 2.18. The van der Waals surface area contributed by atoms with Crippen molar-refractivity contribution in [2.45, 2.75) is 13.3 Å². The minimum Gasteiger partial charge on any atom is -0.355 e. The SMILES string of the molecule is Cc1csc(N2CCCN(C(=O)c3cc(-c4cccnc4)on3)CC2)n1. The molecule has 1 aliphatic heterocycles. The number of pyridine rings is 1. The predicted octanol–water partition coefficient (Wildman–Crippen LogP) is 2.85. The summed E-state index contributed by atoms with van der Waals surface area (Å²) in [6.45, 7) is 5.02. The van der Waals surface area contributed by atoms with Gasteiger partial charge in [0.15, 0.2) is 16.6 Å². The van der Waals surface area contributed by atoms with Crippen LogP contribution in [0.2, 0.25) is 0 Å². The second-order valence-corrected chi connectivity index (χ2v) is 7.06. The Balaban J connectivity index is 1.44. The maximum Gasteiger partial charge on any atom is 0.276 e. The quantitative estimate of drug-likeness (QED) is 0.707. The van der Waals surface area contributed by atoms with Crippen molar-refractivity contribution in [1.82, 2.24) is 20.0 Å². The Morgan fingerprint density at radius 1 is 1.27 bits per heavy atom. The number of hydrogen-bond acceptors (Lipinski definition) is 7. The molecule has 0 unspecified atom stereocenters. The highest BCUT2D eigenvalue weighted by atomic mass is 32.1. The third-order valence-electron chi connectivity index (χ3n) is 4.34. The maximum absolute atomic E-state index is 12.8. The minimum absolute atomic E-state index is 0.0962. The highest BCUT2D eigenvalue weighted by molar-refractivity contribution is 7.13. The summed E-state index contributed by atoms with van der Waals surface area (Å²) in [5, 5.41) is 7.04. The van der Waals surface area contributed by atoms with Gasteiger partial charge in [0.05, 0.1) is 5.69 Å². The molecular formula is C18H19N5O2S. The standard InChI is InChI=1S/C18H19N5O2S/c1-13-12-26-18(20-13)23-7-3-6-22(8-9-23)17(24)15-10-16(25-21-15)14-4-2-5-19-11-14/h2,4-5,10-12H,3,6-9H2,1H3. The van der Waals surface area contributed by atoms with E-state index in [0.717, 1.165) is 35.9 Å². The molecule has 4 heterocycles. The van der Waals surface area contributed by atoms with Crippen LogP contribution >= 0.6 is 11.3 Å². The first-order valence-corrected chi connectivity index (χ1v) is 9.42. The fraction of sp³-hybridized carbons (Fsp3) is 0.333. The van der Waals surface area contributed by atoms with E-state index >= 15 is 0 Å². The Labute approximate surface area is 155 Å². The van der Waals surface area contributed by atoms with E-state index in [4.69, 9.17) is 4.52 Å². The van der Waals surface area contributed by atoms with Crippen LogP contribution in [0.5, 0.6) is 0 Å². The van der Waals surface area contributed by atoms with Gasteiger partial charge >= 0.3 is 0 Å². The Kier molecular flexibility index (Phi) is 4.66. The lowest BCUT2D eigenvalue weighted by atomic mass is 10.2. The zero-order chi connectivity index (χ0) is 17.9. The molecule has 0 spiro atoms. The molecule has 8 heteroatoms. The van der Waals surface area contributed by atoms with Crippen LogP contribution < -0.4 is 4.90 Å². The smallest absolute Gasteiger partial charge is 0.276 e. The molecular weight excluding hydrogens is 350 g/mol. The number of amides is 1. The van der Waals surface area contributed by atoms with Gasteiger partial charge in [-0.1, -0.05) is 5.16 Å². The van der Waals surface area contributed by atoms with Crippen LogP contribution in [-0.2, 0) is 0 Å².